The normalized spacial score (nSPS) is 31.9. The molecule has 0 amide bonds. The Labute approximate surface area is 326 Å². The van der Waals surface area contributed by atoms with Crippen molar-refractivity contribution in [2.45, 2.75) is 225 Å². The fourth-order valence-electron chi connectivity index (χ4n) is 12.0. The molecule has 3 fully saturated rings. The van der Waals surface area contributed by atoms with Crippen LogP contribution in [0, 0.1) is 102 Å². The van der Waals surface area contributed by atoms with Crippen LogP contribution in [0.2, 0.25) is 0 Å². The summed E-state index contributed by atoms with van der Waals surface area (Å²) in [6.45, 7) is 65.7. The van der Waals surface area contributed by atoms with E-state index in [1.54, 1.807) is 0 Å². The summed E-state index contributed by atoms with van der Waals surface area (Å²) in [7, 11) is 0. The molecule has 0 heterocycles. The van der Waals surface area contributed by atoms with Gasteiger partial charge < -0.3 is 0 Å². The Morgan fingerprint density at radius 3 is 0.510 bits per heavy atom. The van der Waals surface area contributed by atoms with Crippen molar-refractivity contribution < 1.29 is 0 Å². The first-order valence-electron chi connectivity index (χ1n) is 22.0. The third kappa shape index (κ3) is 13.6. The van der Waals surface area contributed by atoms with Gasteiger partial charge in [0, 0.05) is 0 Å². The predicted octanol–water partition coefficient (Wildman–Crippen LogP) is 17.3. The van der Waals surface area contributed by atoms with Crippen LogP contribution in [0.15, 0.2) is 0 Å². The molecule has 306 valence electrons. The Bertz CT molecular complexity index is 878. The van der Waals surface area contributed by atoms with Crippen LogP contribution in [0.5, 0.6) is 0 Å². The summed E-state index contributed by atoms with van der Waals surface area (Å²) in [5.41, 5.74) is 4.09. The van der Waals surface area contributed by atoms with E-state index in [2.05, 4.69) is 187 Å². The van der Waals surface area contributed by atoms with Crippen LogP contribution in [0.25, 0.3) is 0 Å². The molecular weight excluding hydrogens is 613 g/mol. The fraction of sp³-hybridized carbons (Fsp3) is 1.00. The molecule has 0 aromatic carbocycles. The zero-order valence-corrected chi connectivity index (χ0v) is 40.9. The minimum atomic E-state index is 0.437. The molecule has 6 atom stereocenters. The number of hydrogen-bond donors (Lipinski definition) is 0. The Kier molecular flexibility index (Phi) is 15.2. The van der Waals surface area contributed by atoms with E-state index in [9.17, 15) is 0 Å². The summed E-state index contributed by atoms with van der Waals surface area (Å²) in [5.74, 6) is 7.91. The Morgan fingerprint density at radius 1 is 0.216 bits per heavy atom. The Balaban J connectivity index is 0.000000382. The van der Waals surface area contributed by atoms with Gasteiger partial charge in [-0.2, -0.15) is 0 Å². The highest BCUT2D eigenvalue weighted by molar-refractivity contribution is 5.01. The van der Waals surface area contributed by atoms with Gasteiger partial charge in [-0.1, -0.05) is 187 Å². The molecular formula is C51H102. The van der Waals surface area contributed by atoms with Gasteiger partial charge in [-0.3, -0.25) is 0 Å². The smallest absolute Gasteiger partial charge is 0.0299 e. The summed E-state index contributed by atoms with van der Waals surface area (Å²) >= 11 is 0. The van der Waals surface area contributed by atoms with Gasteiger partial charge in [-0.05, 0) is 141 Å². The van der Waals surface area contributed by atoms with Crippen LogP contribution in [0.1, 0.15) is 225 Å². The van der Waals surface area contributed by atoms with Gasteiger partial charge in [-0.25, -0.2) is 0 Å². The fourth-order valence-corrected chi connectivity index (χ4v) is 12.0. The first kappa shape index (κ1) is 49.0. The summed E-state index contributed by atoms with van der Waals surface area (Å²) in [5, 5.41) is 0. The quantitative estimate of drug-likeness (QED) is 0.234. The van der Waals surface area contributed by atoms with Crippen LogP contribution in [0.4, 0.5) is 0 Å². The van der Waals surface area contributed by atoms with Gasteiger partial charge in [0.05, 0.1) is 0 Å². The summed E-state index contributed by atoms with van der Waals surface area (Å²) in [6.07, 6.45) is 8.55. The van der Waals surface area contributed by atoms with Crippen LogP contribution in [0.3, 0.4) is 0 Å². The molecule has 0 saturated heterocycles. The average Bonchev–Trinajstić information content (AvgIpc) is 3.58. The van der Waals surface area contributed by atoms with E-state index in [1.165, 1.54) is 38.5 Å². The second kappa shape index (κ2) is 15.9. The zero-order valence-electron chi connectivity index (χ0n) is 40.9. The Hall–Kier alpha value is 0. The summed E-state index contributed by atoms with van der Waals surface area (Å²) in [4.78, 5) is 0. The molecule has 3 aliphatic rings. The molecule has 0 aromatic rings. The van der Waals surface area contributed by atoms with E-state index in [0.717, 1.165) is 53.3 Å². The topological polar surface area (TPSA) is 0 Å². The lowest BCUT2D eigenvalue weighted by Crippen LogP contribution is -2.39. The maximum Gasteiger partial charge on any atom is -0.0299 e. The maximum atomic E-state index is 2.44. The number of rotatable bonds is 0. The van der Waals surface area contributed by atoms with Gasteiger partial charge in [0.2, 0.25) is 0 Å². The molecule has 0 radical (unpaired) electrons. The highest BCUT2D eigenvalue weighted by atomic mass is 14.6. The van der Waals surface area contributed by atoms with E-state index >= 15 is 0 Å². The standard InChI is InChI=1S/3C17H34/c1-15(2,3)12-10-13(16(4,5)6)14(11-12)17(7,8)9;2*1-15(2,3)12-10-11-13(16(4,5)6)14(12)17(7,8)9/h3*12-14H,10-11H2,1-9H3. The first-order chi connectivity index (χ1) is 22.0. The second-order valence-electron chi connectivity index (χ2n) is 28.3. The first-order valence-corrected chi connectivity index (χ1v) is 22.0. The second-order valence-corrected chi connectivity index (χ2v) is 28.3. The largest absolute Gasteiger partial charge is 0.0599 e. The van der Waals surface area contributed by atoms with Gasteiger partial charge in [0.15, 0.2) is 0 Å². The molecule has 3 saturated carbocycles. The highest BCUT2D eigenvalue weighted by Gasteiger charge is 2.52. The van der Waals surface area contributed by atoms with E-state index in [0.29, 0.717) is 48.7 Å². The maximum absolute atomic E-state index is 2.44. The van der Waals surface area contributed by atoms with Crippen molar-refractivity contribution in [3.63, 3.8) is 0 Å². The Morgan fingerprint density at radius 2 is 0.392 bits per heavy atom. The van der Waals surface area contributed by atoms with Crippen molar-refractivity contribution >= 4 is 0 Å². The molecule has 0 heteroatoms. The molecule has 3 rings (SSSR count). The van der Waals surface area contributed by atoms with Gasteiger partial charge in [0.1, 0.15) is 0 Å². The molecule has 0 nitrogen and oxygen atoms in total. The van der Waals surface area contributed by atoms with E-state index in [4.69, 9.17) is 0 Å². The molecule has 3 aliphatic carbocycles. The van der Waals surface area contributed by atoms with E-state index < -0.39 is 0 Å². The van der Waals surface area contributed by atoms with E-state index in [1.807, 2.05) is 0 Å². The van der Waals surface area contributed by atoms with Crippen LogP contribution in [-0.4, -0.2) is 0 Å². The monoisotopic (exact) mass is 715 g/mol. The third-order valence-electron chi connectivity index (χ3n) is 14.8. The van der Waals surface area contributed by atoms with Gasteiger partial charge in [0.25, 0.3) is 0 Å². The predicted molar refractivity (Wildman–Crippen MR) is 234 cm³/mol. The van der Waals surface area contributed by atoms with Crippen molar-refractivity contribution in [2.75, 3.05) is 0 Å². The summed E-state index contributed by atoms with van der Waals surface area (Å²) in [6, 6.07) is 0. The van der Waals surface area contributed by atoms with E-state index in [-0.39, 0.29) is 0 Å². The number of hydrogen-bond acceptors (Lipinski definition) is 0. The lowest BCUT2D eigenvalue weighted by Gasteiger charge is -2.45. The van der Waals surface area contributed by atoms with Gasteiger partial charge in [-0.15, -0.1) is 0 Å². The lowest BCUT2D eigenvalue weighted by molar-refractivity contribution is 0.0300. The van der Waals surface area contributed by atoms with Crippen molar-refractivity contribution in [1.29, 1.82) is 0 Å². The average molecular weight is 715 g/mol. The molecule has 51 heavy (non-hydrogen) atoms. The van der Waals surface area contributed by atoms with Crippen molar-refractivity contribution in [3.8, 4) is 0 Å². The van der Waals surface area contributed by atoms with Crippen molar-refractivity contribution in [2.24, 2.45) is 102 Å². The lowest BCUT2D eigenvalue weighted by atomic mass is 9.59. The molecule has 0 aliphatic heterocycles. The van der Waals surface area contributed by atoms with Crippen molar-refractivity contribution in [3.05, 3.63) is 0 Å². The zero-order chi connectivity index (χ0) is 40.9. The minimum absolute atomic E-state index is 0.437. The molecule has 0 N–H and O–H groups in total. The SMILES string of the molecule is CC(C)(C)C1CC(C(C)(C)C)C(C(C)(C)C)C1.CC(C)(C)C1CCC(C(C)(C)C)C1C(C)(C)C.CC(C)(C)C1CCC(C(C)(C)C)C1C(C)(C)C. The van der Waals surface area contributed by atoms with Crippen molar-refractivity contribution in [1.82, 2.24) is 0 Å². The molecule has 0 bridgehead atoms. The third-order valence-corrected chi connectivity index (χ3v) is 14.8. The molecule has 0 spiro atoms. The molecule has 6 unspecified atom stereocenters. The summed E-state index contributed by atoms with van der Waals surface area (Å²) < 4.78 is 0. The minimum Gasteiger partial charge on any atom is -0.0599 e. The molecule has 0 aromatic heterocycles. The van der Waals surface area contributed by atoms with Gasteiger partial charge >= 0.3 is 0 Å². The van der Waals surface area contributed by atoms with Crippen LogP contribution in [-0.2, 0) is 0 Å². The van der Waals surface area contributed by atoms with Crippen LogP contribution >= 0.6 is 0 Å². The highest BCUT2D eigenvalue weighted by Crippen LogP contribution is 2.60. The van der Waals surface area contributed by atoms with Crippen LogP contribution < -0.4 is 0 Å².